The van der Waals surface area contributed by atoms with Crippen LogP contribution in [-0.2, 0) is 4.79 Å². The number of nitrogens with two attached hydrogens (primary N) is 1. The Kier molecular flexibility index (Phi) is 4.77. The highest BCUT2D eigenvalue weighted by molar-refractivity contribution is 6.33. The molecule has 4 heteroatoms. The van der Waals surface area contributed by atoms with Crippen molar-refractivity contribution in [1.82, 2.24) is 0 Å². The minimum Gasteiger partial charge on any atom is -0.323 e. The molecule has 1 rings (SSSR count). The van der Waals surface area contributed by atoms with Crippen molar-refractivity contribution in [3.05, 3.63) is 29.3 Å². The molecule has 0 aliphatic rings. The van der Waals surface area contributed by atoms with Crippen LogP contribution in [-0.4, -0.2) is 11.9 Å². The van der Waals surface area contributed by atoms with E-state index in [1.807, 2.05) is 26.0 Å². The molecule has 0 aliphatic carbocycles. The standard InChI is InChI=1S/C12H17ClN2O/c1-8(2)7-10(14)12(16)15-11-6-4-3-5-9(11)13/h3-6,8,10H,7,14H2,1-2H3,(H,15,16). The summed E-state index contributed by atoms with van der Waals surface area (Å²) in [7, 11) is 0. The minimum absolute atomic E-state index is 0.193. The van der Waals surface area contributed by atoms with E-state index in [1.54, 1.807) is 12.1 Å². The number of rotatable bonds is 4. The molecule has 3 nitrogen and oxygen atoms in total. The van der Waals surface area contributed by atoms with E-state index in [-0.39, 0.29) is 5.91 Å². The molecule has 1 aromatic carbocycles. The molecule has 0 bridgehead atoms. The number of anilines is 1. The van der Waals surface area contributed by atoms with Gasteiger partial charge in [0, 0.05) is 0 Å². The molecule has 0 saturated heterocycles. The number of para-hydroxylation sites is 1. The number of carbonyl (C=O) groups is 1. The van der Waals surface area contributed by atoms with E-state index in [4.69, 9.17) is 17.3 Å². The molecule has 1 aromatic rings. The van der Waals surface area contributed by atoms with Gasteiger partial charge in [0.1, 0.15) is 0 Å². The Morgan fingerprint density at radius 3 is 2.62 bits per heavy atom. The van der Waals surface area contributed by atoms with Crippen LogP contribution in [0.2, 0.25) is 5.02 Å². The first-order valence-electron chi connectivity index (χ1n) is 5.31. The lowest BCUT2D eigenvalue weighted by Crippen LogP contribution is -2.36. The predicted octanol–water partition coefficient (Wildman–Crippen LogP) is 2.65. The number of hydrogen-bond donors (Lipinski definition) is 2. The molecule has 16 heavy (non-hydrogen) atoms. The number of hydrogen-bond acceptors (Lipinski definition) is 2. The van der Waals surface area contributed by atoms with Crippen LogP contribution in [0.25, 0.3) is 0 Å². The van der Waals surface area contributed by atoms with Crippen LogP contribution in [0.1, 0.15) is 20.3 Å². The van der Waals surface area contributed by atoms with E-state index in [1.165, 1.54) is 0 Å². The van der Waals surface area contributed by atoms with E-state index in [2.05, 4.69) is 5.32 Å². The van der Waals surface area contributed by atoms with Gasteiger partial charge in [0.25, 0.3) is 0 Å². The van der Waals surface area contributed by atoms with Crippen LogP contribution >= 0.6 is 11.6 Å². The van der Waals surface area contributed by atoms with Crippen LogP contribution in [0.15, 0.2) is 24.3 Å². The highest BCUT2D eigenvalue weighted by Gasteiger charge is 2.15. The van der Waals surface area contributed by atoms with Crippen LogP contribution < -0.4 is 11.1 Å². The van der Waals surface area contributed by atoms with Gasteiger partial charge in [-0.2, -0.15) is 0 Å². The second kappa shape index (κ2) is 5.87. The number of carbonyl (C=O) groups excluding carboxylic acids is 1. The van der Waals surface area contributed by atoms with Crippen molar-refractivity contribution in [2.45, 2.75) is 26.3 Å². The fourth-order valence-electron chi connectivity index (χ4n) is 1.40. The highest BCUT2D eigenvalue weighted by Crippen LogP contribution is 2.20. The van der Waals surface area contributed by atoms with Crippen LogP contribution in [0.4, 0.5) is 5.69 Å². The summed E-state index contributed by atoms with van der Waals surface area (Å²) in [5, 5.41) is 3.24. The van der Waals surface area contributed by atoms with Gasteiger partial charge in [-0.15, -0.1) is 0 Å². The molecule has 0 heterocycles. The fourth-order valence-corrected chi connectivity index (χ4v) is 1.59. The SMILES string of the molecule is CC(C)CC(N)C(=O)Nc1ccccc1Cl. The lowest BCUT2D eigenvalue weighted by atomic mass is 10.0. The first-order chi connectivity index (χ1) is 7.50. The first kappa shape index (κ1) is 13.0. The molecule has 1 unspecified atom stereocenters. The van der Waals surface area contributed by atoms with Gasteiger partial charge in [0.05, 0.1) is 16.8 Å². The molecule has 0 radical (unpaired) electrons. The Bertz CT molecular complexity index is 366. The monoisotopic (exact) mass is 240 g/mol. The maximum absolute atomic E-state index is 11.7. The molecule has 0 fully saturated rings. The molecule has 0 spiro atoms. The summed E-state index contributed by atoms with van der Waals surface area (Å²) in [6.45, 7) is 4.06. The second-order valence-corrected chi connectivity index (χ2v) is 4.61. The third kappa shape index (κ3) is 3.83. The summed E-state index contributed by atoms with van der Waals surface area (Å²) in [6.07, 6.45) is 0.663. The van der Waals surface area contributed by atoms with Crippen molar-refractivity contribution < 1.29 is 4.79 Å². The third-order valence-corrected chi connectivity index (χ3v) is 2.52. The first-order valence-corrected chi connectivity index (χ1v) is 5.69. The molecular weight excluding hydrogens is 224 g/mol. The van der Waals surface area contributed by atoms with E-state index in [0.29, 0.717) is 23.0 Å². The summed E-state index contributed by atoms with van der Waals surface area (Å²) in [6, 6.07) is 6.62. The zero-order chi connectivity index (χ0) is 12.1. The summed E-state index contributed by atoms with van der Waals surface area (Å²) in [4.78, 5) is 11.7. The van der Waals surface area contributed by atoms with Crippen molar-refractivity contribution in [2.24, 2.45) is 11.7 Å². The zero-order valence-corrected chi connectivity index (χ0v) is 10.3. The van der Waals surface area contributed by atoms with Gasteiger partial charge >= 0.3 is 0 Å². The van der Waals surface area contributed by atoms with Gasteiger partial charge in [-0.3, -0.25) is 4.79 Å². The quantitative estimate of drug-likeness (QED) is 0.850. The van der Waals surface area contributed by atoms with Crippen molar-refractivity contribution in [3.63, 3.8) is 0 Å². The summed E-state index contributed by atoms with van der Waals surface area (Å²) in [5.74, 6) is 0.203. The number of nitrogens with one attached hydrogen (secondary N) is 1. The summed E-state index contributed by atoms with van der Waals surface area (Å²) >= 11 is 5.92. The largest absolute Gasteiger partial charge is 0.323 e. The predicted molar refractivity (Wildman–Crippen MR) is 67.5 cm³/mol. The average Bonchev–Trinajstić information content (AvgIpc) is 2.20. The topological polar surface area (TPSA) is 55.1 Å². The summed E-state index contributed by atoms with van der Waals surface area (Å²) < 4.78 is 0. The Morgan fingerprint density at radius 1 is 1.44 bits per heavy atom. The molecule has 88 valence electrons. The van der Waals surface area contributed by atoms with E-state index < -0.39 is 6.04 Å². The average molecular weight is 241 g/mol. The molecular formula is C12H17ClN2O. The van der Waals surface area contributed by atoms with E-state index >= 15 is 0 Å². The van der Waals surface area contributed by atoms with Gasteiger partial charge in [0.15, 0.2) is 0 Å². The van der Waals surface area contributed by atoms with Crippen molar-refractivity contribution in [1.29, 1.82) is 0 Å². The lowest BCUT2D eigenvalue weighted by Gasteiger charge is -2.14. The smallest absolute Gasteiger partial charge is 0.241 e. The number of halogens is 1. The molecule has 0 saturated carbocycles. The van der Waals surface area contributed by atoms with Crippen molar-refractivity contribution >= 4 is 23.2 Å². The number of amides is 1. The van der Waals surface area contributed by atoms with Gasteiger partial charge in [-0.25, -0.2) is 0 Å². The summed E-state index contributed by atoms with van der Waals surface area (Å²) in [5.41, 5.74) is 6.37. The molecule has 1 amide bonds. The Morgan fingerprint density at radius 2 is 2.06 bits per heavy atom. The van der Waals surface area contributed by atoms with Crippen LogP contribution in [0, 0.1) is 5.92 Å². The van der Waals surface area contributed by atoms with Gasteiger partial charge in [-0.1, -0.05) is 37.6 Å². The number of benzene rings is 1. The van der Waals surface area contributed by atoms with Crippen LogP contribution in [0.5, 0.6) is 0 Å². The van der Waals surface area contributed by atoms with E-state index in [9.17, 15) is 4.79 Å². The van der Waals surface area contributed by atoms with Gasteiger partial charge < -0.3 is 11.1 Å². The molecule has 0 aromatic heterocycles. The van der Waals surface area contributed by atoms with Gasteiger partial charge in [0.2, 0.25) is 5.91 Å². The lowest BCUT2D eigenvalue weighted by molar-refractivity contribution is -0.117. The maximum atomic E-state index is 11.7. The Balaban J connectivity index is 2.61. The van der Waals surface area contributed by atoms with Gasteiger partial charge in [-0.05, 0) is 24.5 Å². The van der Waals surface area contributed by atoms with Crippen molar-refractivity contribution in [2.75, 3.05) is 5.32 Å². The fraction of sp³-hybridized carbons (Fsp3) is 0.417. The van der Waals surface area contributed by atoms with Crippen LogP contribution in [0.3, 0.4) is 0 Å². The highest BCUT2D eigenvalue weighted by atomic mass is 35.5. The normalized spacial score (nSPS) is 12.6. The van der Waals surface area contributed by atoms with Crippen molar-refractivity contribution in [3.8, 4) is 0 Å². The van der Waals surface area contributed by atoms with E-state index in [0.717, 1.165) is 0 Å². The zero-order valence-electron chi connectivity index (χ0n) is 9.53. The Labute approximate surface area is 101 Å². The Hall–Kier alpha value is -1.06. The second-order valence-electron chi connectivity index (χ2n) is 4.21. The third-order valence-electron chi connectivity index (χ3n) is 2.19. The molecule has 0 aliphatic heterocycles. The molecule has 1 atom stereocenters. The maximum Gasteiger partial charge on any atom is 0.241 e. The minimum atomic E-state index is -0.490. The molecule has 3 N–H and O–H groups in total.